The molecule has 1 N–H and O–H groups in total. The summed E-state index contributed by atoms with van der Waals surface area (Å²) in [5, 5.41) is 9.97. The van der Waals surface area contributed by atoms with Gasteiger partial charge in [0.25, 0.3) is 10.0 Å². The fraction of sp³-hybridized carbons (Fsp3) is 0.435. The Balaban J connectivity index is 2.15. The number of hydrogen-bond acceptors (Lipinski definition) is 5. The van der Waals surface area contributed by atoms with Crippen molar-refractivity contribution in [2.45, 2.75) is 63.3 Å². The molecule has 162 valence electrons. The summed E-state index contributed by atoms with van der Waals surface area (Å²) >= 11 is 0. The number of aryl methyl sites for hydroxylation is 1. The molecule has 1 aliphatic heterocycles. The average molecular weight is 432 g/mol. The second kappa shape index (κ2) is 7.95. The Labute approximate surface area is 178 Å². The summed E-state index contributed by atoms with van der Waals surface area (Å²) in [4.78, 5) is 11.9. The molecular formula is C23H29NO5S. The molecular weight excluding hydrogens is 402 g/mol. The van der Waals surface area contributed by atoms with Crippen molar-refractivity contribution in [2.24, 2.45) is 0 Å². The van der Waals surface area contributed by atoms with Crippen molar-refractivity contribution in [1.82, 2.24) is 0 Å². The van der Waals surface area contributed by atoms with Gasteiger partial charge in [0.05, 0.1) is 17.7 Å². The average Bonchev–Trinajstić information content (AvgIpc) is 2.71. The first kappa shape index (κ1) is 22.2. The number of aromatic hydroxyl groups is 1. The molecule has 1 aliphatic rings. The number of ether oxygens (including phenoxy) is 1. The Morgan fingerprint density at radius 2 is 1.90 bits per heavy atom. The summed E-state index contributed by atoms with van der Waals surface area (Å²) in [7, 11) is -2.77. The normalized spacial score (nSPS) is 16.8. The lowest BCUT2D eigenvalue weighted by Crippen LogP contribution is -2.43. The number of benzene rings is 2. The lowest BCUT2D eigenvalue weighted by molar-refractivity contribution is 0.0597. The first-order chi connectivity index (χ1) is 14.0. The number of fused-ring (bicyclic) bond motifs is 1. The number of rotatable bonds is 4. The number of phenolic OH excluding ortho intramolecular Hbond substituents is 1. The lowest BCUT2D eigenvalue weighted by Gasteiger charge is -2.38. The fourth-order valence-electron chi connectivity index (χ4n) is 3.86. The molecule has 0 saturated heterocycles. The number of phenols is 1. The molecule has 7 heteroatoms. The number of nitrogens with zero attached hydrogens (tertiary/aromatic N) is 1. The van der Waals surface area contributed by atoms with Crippen molar-refractivity contribution >= 4 is 21.7 Å². The standard InChI is InChI=1S/C23H29NO5S/c1-6-17-9-7-15-13-16(23(2,3)4)8-11-20(15)24(17)30(27,28)18-10-12-21(25)19(14-18)22(26)29-5/h8,10-14,17,25H,6-7,9H2,1-5H3. The van der Waals surface area contributed by atoms with Gasteiger partial charge in [-0.1, -0.05) is 39.8 Å². The van der Waals surface area contributed by atoms with E-state index in [2.05, 4.69) is 31.6 Å². The number of anilines is 1. The second-order valence-corrected chi connectivity index (χ2v) is 10.5. The van der Waals surface area contributed by atoms with Crippen molar-refractivity contribution in [3.63, 3.8) is 0 Å². The molecule has 0 radical (unpaired) electrons. The van der Waals surface area contributed by atoms with Gasteiger partial charge in [-0.05, 0) is 60.1 Å². The van der Waals surface area contributed by atoms with E-state index in [0.29, 0.717) is 12.1 Å². The topological polar surface area (TPSA) is 83.9 Å². The number of hydrogen-bond donors (Lipinski definition) is 1. The van der Waals surface area contributed by atoms with Crippen LogP contribution in [0.5, 0.6) is 5.75 Å². The summed E-state index contributed by atoms with van der Waals surface area (Å²) in [6, 6.07) is 9.50. The van der Waals surface area contributed by atoms with Gasteiger partial charge >= 0.3 is 5.97 Å². The highest BCUT2D eigenvalue weighted by molar-refractivity contribution is 7.92. The highest BCUT2D eigenvalue weighted by Crippen LogP contribution is 2.39. The van der Waals surface area contributed by atoms with Crippen LogP contribution in [-0.2, 0) is 26.6 Å². The molecule has 0 fully saturated rings. The summed E-state index contributed by atoms with van der Waals surface area (Å²) in [5.74, 6) is -1.10. The Hall–Kier alpha value is -2.54. The van der Waals surface area contributed by atoms with Gasteiger partial charge in [-0.25, -0.2) is 13.2 Å². The largest absolute Gasteiger partial charge is 0.507 e. The van der Waals surface area contributed by atoms with E-state index in [4.69, 9.17) is 0 Å². The fourth-order valence-corrected chi connectivity index (χ4v) is 5.68. The SMILES string of the molecule is CCC1CCc2cc(C(C)(C)C)ccc2N1S(=O)(=O)c1ccc(O)c(C(=O)OC)c1. The molecule has 0 amide bonds. The molecule has 3 rings (SSSR count). The van der Waals surface area contributed by atoms with Crippen LogP contribution in [-0.4, -0.2) is 32.6 Å². The van der Waals surface area contributed by atoms with Gasteiger partial charge in [0.15, 0.2) is 0 Å². The van der Waals surface area contributed by atoms with Gasteiger partial charge in [-0.3, -0.25) is 4.31 Å². The van der Waals surface area contributed by atoms with Gasteiger partial charge in [-0.15, -0.1) is 0 Å². The van der Waals surface area contributed by atoms with Crippen LogP contribution in [0.3, 0.4) is 0 Å². The van der Waals surface area contributed by atoms with E-state index >= 15 is 0 Å². The minimum atomic E-state index is -3.95. The summed E-state index contributed by atoms with van der Waals surface area (Å²) in [6.45, 7) is 8.36. The van der Waals surface area contributed by atoms with E-state index in [0.717, 1.165) is 24.0 Å². The smallest absolute Gasteiger partial charge is 0.341 e. The molecule has 0 spiro atoms. The third-order valence-electron chi connectivity index (χ3n) is 5.66. The monoisotopic (exact) mass is 431 g/mol. The number of methoxy groups -OCH3 is 1. The van der Waals surface area contributed by atoms with Gasteiger partial charge in [0.2, 0.25) is 0 Å². The number of carbonyl (C=O) groups excluding carboxylic acids is 1. The molecule has 6 nitrogen and oxygen atoms in total. The number of sulfonamides is 1. The van der Waals surface area contributed by atoms with E-state index < -0.39 is 16.0 Å². The van der Waals surface area contributed by atoms with Gasteiger partial charge in [0, 0.05) is 6.04 Å². The predicted octanol–water partition coefficient (Wildman–Crippen LogP) is 4.40. The van der Waals surface area contributed by atoms with Crippen LogP contribution < -0.4 is 4.31 Å². The van der Waals surface area contributed by atoms with E-state index in [1.54, 1.807) is 0 Å². The lowest BCUT2D eigenvalue weighted by atomic mass is 9.84. The highest BCUT2D eigenvalue weighted by atomic mass is 32.2. The zero-order chi connectivity index (χ0) is 22.3. The van der Waals surface area contributed by atoms with Crippen molar-refractivity contribution in [3.05, 3.63) is 53.1 Å². The third kappa shape index (κ3) is 3.90. The zero-order valence-corrected chi connectivity index (χ0v) is 18.9. The van der Waals surface area contributed by atoms with Crippen molar-refractivity contribution in [3.8, 4) is 5.75 Å². The third-order valence-corrected chi connectivity index (χ3v) is 7.53. The molecule has 0 saturated carbocycles. The van der Waals surface area contributed by atoms with E-state index in [1.165, 1.54) is 29.6 Å². The van der Waals surface area contributed by atoms with Crippen LogP contribution in [0.25, 0.3) is 0 Å². The highest BCUT2D eigenvalue weighted by Gasteiger charge is 2.36. The van der Waals surface area contributed by atoms with Crippen molar-refractivity contribution < 1.29 is 23.1 Å². The van der Waals surface area contributed by atoms with Gasteiger partial charge in [-0.2, -0.15) is 0 Å². The molecule has 1 unspecified atom stereocenters. The Kier molecular flexibility index (Phi) is 5.87. The van der Waals surface area contributed by atoms with E-state index in [-0.39, 0.29) is 27.7 Å². The van der Waals surface area contributed by atoms with Crippen molar-refractivity contribution in [2.75, 3.05) is 11.4 Å². The van der Waals surface area contributed by atoms with Crippen LogP contribution in [0.1, 0.15) is 62.0 Å². The maximum Gasteiger partial charge on any atom is 0.341 e. The quantitative estimate of drug-likeness (QED) is 0.726. The maximum atomic E-state index is 13.7. The Morgan fingerprint density at radius 3 is 2.50 bits per heavy atom. The molecule has 0 bridgehead atoms. The molecule has 2 aromatic carbocycles. The predicted molar refractivity (Wildman–Crippen MR) is 117 cm³/mol. The Bertz CT molecular complexity index is 1070. The zero-order valence-electron chi connectivity index (χ0n) is 18.1. The van der Waals surface area contributed by atoms with Crippen LogP contribution in [0, 0.1) is 0 Å². The van der Waals surface area contributed by atoms with Crippen LogP contribution >= 0.6 is 0 Å². The maximum absolute atomic E-state index is 13.7. The first-order valence-electron chi connectivity index (χ1n) is 10.1. The number of esters is 1. The van der Waals surface area contributed by atoms with Gasteiger partial charge in [0.1, 0.15) is 11.3 Å². The molecule has 2 aromatic rings. The summed E-state index contributed by atoms with van der Waals surface area (Å²) in [6.07, 6.45) is 2.20. The van der Waals surface area contributed by atoms with Crippen LogP contribution in [0.4, 0.5) is 5.69 Å². The molecule has 1 heterocycles. The minimum Gasteiger partial charge on any atom is -0.507 e. The molecule has 0 aliphatic carbocycles. The minimum absolute atomic E-state index is 0.0350. The van der Waals surface area contributed by atoms with Crippen LogP contribution in [0.15, 0.2) is 41.3 Å². The number of carbonyl (C=O) groups is 1. The molecule has 1 atom stereocenters. The van der Waals surface area contributed by atoms with Crippen molar-refractivity contribution in [1.29, 1.82) is 0 Å². The van der Waals surface area contributed by atoms with Crippen LogP contribution in [0.2, 0.25) is 0 Å². The van der Waals surface area contributed by atoms with E-state index in [9.17, 15) is 18.3 Å². The summed E-state index contributed by atoms with van der Waals surface area (Å²) in [5.41, 5.74) is 2.63. The van der Waals surface area contributed by atoms with Gasteiger partial charge < -0.3 is 9.84 Å². The summed E-state index contributed by atoms with van der Waals surface area (Å²) < 4.78 is 33.5. The molecule has 0 aromatic heterocycles. The van der Waals surface area contributed by atoms with E-state index in [1.807, 2.05) is 19.1 Å². The first-order valence-corrected chi connectivity index (χ1v) is 11.5. The molecule has 30 heavy (non-hydrogen) atoms. The second-order valence-electron chi connectivity index (χ2n) is 8.67. The Morgan fingerprint density at radius 1 is 1.20 bits per heavy atom.